The molecule has 0 spiro atoms. The molecule has 1 aliphatic heterocycles. The average Bonchev–Trinajstić information content (AvgIpc) is 3.26. The summed E-state index contributed by atoms with van der Waals surface area (Å²) < 4.78 is 19.4. The lowest BCUT2D eigenvalue weighted by atomic mass is 9.95. The van der Waals surface area contributed by atoms with Gasteiger partial charge in [0.1, 0.15) is 24.1 Å². The number of carbonyl (C=O) groups excluding carboxylic acids is 1. The van der Waals surface area contributed by atoms with Crippen LogP contribution < -0.4 is 24.4 Å². The van der Waals surface area contributed by atoms with Crippen molar-refractivity contribution in [3.05, 3.63) is 103 Å². The van der Waals surface area contributed by atoms with Gasteiger partial charge in [-0.3, -0.25) is 9.36 Å². The Bertz CT molecular complexity index is 1890. The van der Waals surface area contributed by atoms with Crippen LogP contribution in [-0.4, -0.2) is 29.9 Å². The van der Waals surface area contributed by atoms with Gasteiger partial charge in [-0.05, 0) is 56.7 Å². The van der Waals surface area contributed by atoms with Crippen molar-refractivity contribution in [3.63, 3.8) is 0 Å². The van der Waals surface area contributed by atoms with E-state index in [1.165, 1.54) is 11.3 Å². The zero-order valence-electron chi connectivity index (χ0n) is 23.3. The van der Waals surface area contributed by atoms with Gasteiger partial charge < -0.3 is 14.2 Å². The van der Waals surface area contributed by atoms with Crippen LogP contribution >= 0.6 is 11.3 Å². The van der Waals surface area contributed by atoms with E-state index >= 15 is 0 Å². The molecular formula is C33H30N2O5S. The van der Waals surface area contributed by atoms with Crippen LogP contribution in [0.3, 0.4) is 0 Å². The number of ether oxygens (including phenoxy) is 3. The molecule has 5 rings (SSSR count). The molecule has 208 valence electrons. The smallest absolute Gasteiger partial charge is 0.338 e. The van der Waals surface area contributed by atoms with Gasteiger partial charge in [-0.2, -0.15) is 0 Å². The predicted octanol–water partition coefficient (Wildman–Crippen LogP) is 4.75. The van der Waals surface area contributed by atoms with Crippen molar-refractivity contribution in [3.8, 4) is 23.8 Å². The molecule has 0 N–H and O–H groups in total. The third-order valence-corrected chi connectivity index (χ3v) is 7.59. The fourth-order valence-electron chi connectivity index (χ4n) is 4.95. The number of hydrogen-bond donors (Lipinski definition) is 0. The number of thiazole rings is 1. The van der Waals surface area contributed by atoms with E-state index in [2.05, 4.69) is 5.92 Å². The molecule has 0 aliphatic carbocycles. The van der Waals surface area contributed by atoms with Crippen LogP contribution in [0, 0.1) is 12.3 Å². The maximum absolute atomic E-state index is 14.2. The number of benzene rings is 3. The summed E-state index contributed by atoms with van der Waals surface area (Å²) in [5.74, 6) is 3.14. The fraction of sp³-hybridized carbons (Fsp3) is 0.242. The second-order valence-corrected chi connectivity index (χ2v) is 10.7. The Morgan fingerprint density at radius 2 is 1.88 bits per heavy atom. The van der Waals surface area contributed by atoms with Crippen LogP contribution in [0.2, 0.25) is 0 Å². The molecule has 1 aliphatic rings. The van der Waals surface area contributed by atoms with Gasteiger partial charge >= 0.3 is 5.97 Å². The van der Waals surface area contributed by atoms with E-state index in [0.717, 1.165) is 16.3 Å². The molecule has 0 fully saturated rings. The van der Waals surface area contributed by atoms with Gasteiger partial charge in [0, 0.05) is 11.1 Å². The van der Waals surface area contributed by atoms with Gasteiger partial charge in [0.25, 0.3) is 5.56 Å². The summed E-state index contributed by atoms with van der Waals surface area (Å²) in [5.41, 5.74) is 1.92. The minimum atomic E-state index is -0.785. The summed E-state index contributed by atoms with van der Waals surface area (Å²) in [6, 6.07) is 18.3. The normalized spacial score (nSPS) is 14.9. The van der Waals surface area contributed by atoms with Crippen LogP contribution in [0.15, 0.2) is 81.7 Å². The standard InChI is InChI=1S/C33H30N2O5S/c1-6-18-39-26-17-16-22-12-8-9-13-23(22)25(26)19-28-31(36)35-30(24-14-10-11-15-27(24)40-20(3)4)29(32(37)38-7-2)21(5)34-33(35)41-28/h1,8-17,19-20,30H,7,18H2,2-5H3/b28-19-/t30-/m1/s1. The van der Waals surface area contributed by atoms with E-state index in [0.29, 0.717) is 37.7 Å². The van der Waals surface area contributed by atoms with Gasteiger partial charge in [-0.15, -0.1) is 6.42 Å². The molecule has 4 aromatic rings. The van der Waals surface area contributed by atoms with Crippen molar-refractivity contribution in [2.24, 2.45) is 4.99 Å². The fourth-order valence-corrected chi connectivity index (χ4v) is 5.98. The molecule has 0 saturated heterocycles. The number of esters is 1. The SMILES string of the molecule is C#CCOc1ccc2ccccc2c1/C=c1\sc2n(c1=O)[C@H](c1ccccc1OC(C)C)C(C(=O)OCC)=C(C)N=2. The molecule has 0 unspecified atom stereocenters. The van der Waals surface area contributed by atoms with Crippen molar-refractivity contribution in [1.29, 1.82) is 0 Å². The highest BCUT2D eigenvalue weighted by Crippen LogP contribution is 2.36. The van der Waals surface area contributed by atoms with Crippen molar-refractivity contribution >= 4 is 34.2 Å². The number of allylic oxidation sites excluding steroid dienone is 1. The summed E-state index contributed by atoms with van der Waals surface area (Å²) in [6.07, 6.45) is 7.16. The van der Waals surface area contributed by atoms with E-state index in [1.807, 2.05) is 80.6 Å². The highest BCUT2D eigenvalue weighted by Gasteiger charge is 2.35. The lowest BCUT2D eigenvalue weighted by Crippen LogP contribution is -2.40. The maximum Gasteiger partial charge on any atom is 0.338 e. The molecule has 0 saturated carbocycles. The second-order valence-electron chi connectivity index (χ2n) is 9.70. The van der Waals surface area contributed by atoms with Crippen LogP contribution in [0.1, 0.15) is 44.9 Å². The van der Waals surface area contributed by atoms with E-state index in [4.69, 9.17) is 25.6 Å². The Kier molecular flexibility index (Phi) is 8.09. The van der Waals surface area contributed by atoms with E-state index in [9.17, 15) is 9.59 Å². The number of nitrogens with zero attached hydrogens (tertiary/aromatic N) is 2. The highest BCUT2D eigenvalue weighted by molar-refractivity contribution is 7.07. The first kappa shape index (κ1) is 27.9. The molecule has 8 heteroatoms. The van der Waals surface area contributed by atoms with Gasteiger partial charge in [0.05, 0.1) is 28.5 Å². The lowest BCUT2D eigenvalue weighted by molar-refractivity contribution is -0.139. The van der Waals surface area contributed by atoms with Crippen LogP contribution in [0.5, 0.6) is 11.5 Å². The molecule has 1 aromatic heterocycles. The molecule has 41 heavy (non-hydrogen) atoms. The van der Waals surface area contributed by atoms with Crippen LogP contribution in [0.4, 0.5) is 0 Å². The lowest BCUT2D eigenvalue weighted by Gasteiger charge is -2.26. The molecule has 2 heterocycles. The first-order valence-electron chi connectivity index (χ1n) is 13.4. The van der Waals surface area contributed by atoms with Gasteiger partial charge in [0.2, 0.25) is 0 Å². The topological polar surface area (TPSA) is 79.1 Å². The number of carbonyl (C=O) groups is 1. The number of rotatable bonds is 8. The third-order valence-electron chi connectivity index (χ3n) is 6.61. The molecule has 3 aromatic carbocycles. The molecule has 0 amide bonds. The number of hydrogen-bond acceptors (Lipinski definition) is 7. The van der Waals surface area contributed by atoms with E-state index in [1.54, 1.807) is 18.4 Å². The molecular weight excluding hydrogens is 536 g/mol. The Balaban J connectivity index is 1.79. The summed E-state index contributed by atoms with van der Waals surface area (Å²) in [7, 11) is 0. The average molecular weight is 567 g/mol. The summed E-state index contributed by atoms with van der Waals surface area (Å²) >= 11 is 1.25. The minimum absolute atomic E-state index is 0.0924. The molecule has 1 atom stereocenters. The Labute approximate surface area is 242 Å². The highest BCUT2D eigenvalue weighted by atomic mass is 32.1. The largest absolute Gasteiger partial charge is 0.491 e. The summed E-state index contributed by atoms with van der Waals surface area (Å²) in [5, 5.41) is 1.92. The third kappa shape index (κ3) is 5.41. The first-order chi connectivity index (χ1) is 19.8. The molecule has 0 radical (unpaired) electrons. The second kappa shape index (κ2) is 11.9. The Morgan fingerprint density at radius 3 is 2.63 bits per heavy atom. The monoisotopic (exact) mass is 566 g/mol. The maximum atomic E-state index is 14.2. The van der Waals surface area contributed by atoms with Crippen molar-refractivity contribution in [2.45, 2.75) is 39.8 Å². The molecule has 7 nitrogen and oxygen atoms in total. The zero-order chi connectivity index (χ0) is 29.1. The number of fused-ring (bicyclic) bond motifs is 2. The summed E-state index contributed by atoms with van der Waals surface area (Å²) in [4.78, 5) is 32.7. The first-order valence-corrected chi connectivity index (χ1v) is 14.2. The number of para-hydroxylation sites is 1. The Morgan fingerprint density at radius 1 is 1.12 bits per heavy atom. The van der Waals surface area contributed by atoms with Gasteiger partial charge in [0.15, 0.2) is 4.80 Å². The van der Waals surface area contributed by atoms with Crippen LogP contribution in [0.25, 0.3) is 16.8 Å². The number of terminal acetylenes is 1. The summed E-state index contributed by atoms with van der Waals surface area (Å²) in [6.45, 7) is 7.66. The zero-order valence-corrected chi connectivity index (χ0v) is 24.2. The number of aromatic nitrogens is 1. The van der Waals surface area contributed by atoms with Crippen molar-refractivity contribution in [2.75, 3.05) is 13.2 Å². The van der Waals surface area contributed by atoms with Crippen molar-refractivity contribution in [1.82, 2.24) is 4.57 Å². The Hall–Kier alpha value is -4.61. The van der Waals surface area contributed by atoms with E-state index < -0.39 is 12.0 Å². The quantitative estimate of drug-likeness (QED) is 0.227. The van der Waals surface area contributed by atoms with Gasteiger partial charge in [-0.1, -0.05) is 65.8 Å². The minimum Gasteiger partial charge on any atom is -0.491 e. The predicted molar refractivity (Wildman–Crippen MR) is 161 cm³/mol. The molecule has 0 bridgehead atoms. The van der Waals surface area contributed by atoms with Crippen LogP contribution in [-0.2, 0) is 9.53 Å². The van der Waals surface area contributed by atoms with E-state index in [-0.39, 0.29) is 24.9 Å². The van der Waals surface area contributed by atoms with Gasteiger partial charge in [-0.25, -0.2) is 9.79 Å². The van der Waals surface area contributed by atoms with Crippen molar-refractivity contribution < 1.29 is 19.0 Å².